The molecule has 0 aliphatic rings. The van der Waals surface area contributed by atoms with Crippen molar-refractivity contribution in [1.29, 1.82) is 0 Å². The summed E-state index contributed by atoms with van der Waals surface area (Å²) in [5.41, 5.74) is 1.26. The van der Waals surface area contributed by atoms with Gasteiger partial charge in [-0.3, -0.25) is 0 Å². The summed E-state index contributed by atoms with van der Waals surface area (Å²) in [6, 6.07) is 7.58. The van der Waals surface area contributed by atoms with Gasteiger partial charge in [0.1, 0.15) is 5.75 Å². The van der Waals surface area contributed by atoms with Crippen LogP contribution in [-0.4, -0.2) is 17.7 Å². The first-order valence-electron chi connectivity index (χ1n) is 5.16. The van der Waals surface area contributed by atoms with Crippen molar-refractivity contribution in [2.24, 2.45) is 0 Å². The van der Waals surface area contributed by atoms with Crippen molar-refractivity contribution >= 4 is 5.97 Å². The normalized spacial score (nSPS) is 9.93. The quantitative estimate of drug-likeness (QED) is 0.781. The van der Waals surface area contributed by atoms with E-state index in [9.17, 15) is 4.79 Å². The Labute approximate surface area is 89.7 Å². The van der Waals surface area contributed by atoms with Gasteiger partial charge < -0.3 is 9.84 Å². The third kappa shape index (κ3) is 4.49. The predicted molar refractivity (Wildman–Crippen MR) is 58.2 cm³/mol. The maximum atomic E-state index is 10.3. The van der Waals surface area contributed by atoms with E-state index < -0.39 is 5.97 Å². The average molecular weight is 208 g/mol. The number of ether oxygens (including phenoxy) is 1. The van der Waals surface area contributed by atoms with E-state index in [1.54, 1.807) is 0 Å². The standard InChI is InChI=1S/C12H16O3/c1-2-3-4-10-5-7-11(8-6-10)15-9-12(13)14/h5-8H,2-4,9H2,1H3,(H,13,14). The number of aliphatic carboxylic acids is 1. The maximum absolute atomic E-state index is 10.3. The van der Waals surface area contributed by atoms with Crippen molar-refractivity contribution < 1.29 is 14.6 Å². The lowest BCUT2D eigenvalue weighted by atomic mass is 10.1. The van der Waals surface area contributed by atoms with E-state index in [1.807, 2.05) is 24.3 Å². The Morgan fingerprint density at radius 1 is 1.33 bits per heavy atom. The summed E-state index contributed by atoms with van der Waals surface area (Å²) in [5, 5.41) is 8.42. The Morgan fingerprint density at radius 3 is 2.53 bits per heavy atom. The van der Waals surface area contributed by atoms with Gasteiger partial charge in [0.25, 0.3) is 0 Å². The fourth-order valence-electron chi connectivity index (χ4n) is 1.28. The molecule has 15 heavy (non-hydrogen) atoms. The molecule has 0 aromatic heterocycles. The van der Waals surface area contributed by atoms with Crippen molar-refractivity contribution in [3.63, 3.8) is 0 Å². The summed E-state index contributed by atoms with van der Waals surface area (Å²) < 4.78 is 5.03. The van der Waals surface area contributed by atoms with E-state index in [0.717, 1.165) is 6.42 Å². The number of hydrogen-bond acceptors (Lipinski definition) is 2. The van der Waals surface area contributed by atoms with Crippen molar-refractivity contribution in [2.75, 3.05) is 6.61 Å². The Bertz CT molecular complexity index is 303. The van der Waals surface area contributed by atoms with E-state index in [2.05, 4.69) is 6.92 Å². The van der Waals surface area contributed by atoms with Crippen LogP contribution in [0.4, 0.5) is 0 Å². The summed E-state index contributed by atoms with van der Waals surface area (Å²) in [7, 11) is 0. The van der Waals surface area contributed by atoms with Gasteiger partial charge in [0.15, 0.2) is 6.61 Å². The smallest absolute Gasteiger partial charge is 0.341 e. The summed E-state index contributed by atoms with van der Waals surface area (Å²) >= 11 is 0. The van der Waals surface area contributed by atoms with Gasteiger partial charge >= 0.3 is 5.97 Å². The first-order valence-corrected chi connectivity index (χ1v) is 5.16. The highest BCUT2D eigenvalue weighted by Gasteiger charge is 1.99. The van der Waals surface area contributed by atoms with Gasteiger partial charge in [-0.1, -0.05) is 25.5 Å². The summed E-state index contributed by atoms with van der Waals surface area (Å²) in [6.07, 6.45) is 3.42. The van der Waals surface area contributed by atoms with Crippen LogP contribution >= 0.6 is 0 Å². The second kappa shape index (κ2) is 6.06. The molecule has 3 nitrogen and oxygen atoms in total. The lowest BCUT2D eigenvalue weighted by Gasteiger charge is -2.04. The molecule has 0 heterocycles. The molecule has 0 saturated carbocycles. The minimum atomic E-state index is -0.954. The van der Waals surface area contributed by atoms with E-state index in [1.165, 1.54) is 18.4 Å². The van der Waals surface area contributed by atoms with Crippen LogP contribution in [-0.2, 0) is 11.2 Å². The van der Waals surface area contributed by atoms with Crippen LogP contribution in [0.25, 0.3) is 0 Å². The molecule has 0 aliphatic heterocycles. The Balaban J connectivity index is 2.45. The van der Waals surface area contributed by atoms with Gasteiger partial charge in [-0.25, -0.2) is 4.79 Å². The van der Waals surface area contributed by atoms with Crippen LogP contribution in [0.2, 0.25) is 0 Å². The molecule has 0 spiro atoms. The second-order valence-corrected chi connectivity index (χ2v) is 3.43. The summed E-state index contributed by atoms with van der Waals surface area (Å²) in [4.78, 5) is 10.3. The lowest BCUT2D eigenvalue weighted by Crippen LogP contribution is -2.09. The van der Waals surface area contributed by atoms with E-state index in [0.29, 0.717) is 5.75 Å². The van der Waals surface area contributed by atoms with Gasteiger partial charge in [0.2, 0.25) is 0 Å². The van der Waals surface area contributed by atoms with Gasteiger partial charge in [0.05, 0.1) is 0 Å². The predicted octanol–water partition coefficient (Wildman–Crippen LogP) is 2.49. The van der Waals surface area contributed by atoms with Crippen molar-refractivity contribution in [3.05, 3.63) is 29.8 Å². The van der Waals surface area contributed by atoms with Gasteiger partial charge in [0, 0.05) is 0 Å². The van der Waals surface area contributed by atoms with Crippen LogP contribution in [0.1, 0.15) is 25.3 Å². The highest BCUT2D eigenvalue weighted by atomic mass is 16.5. The van der Waals surface area contributed by atoms with Crippen LogP contribution in [0.15, 0.2) is 24.3 Å². The molecule has 0 bridgehead atoms. The zero-order valence-electron chi connectivity index (χ0n) is 8.90. The maximum Gasteiger partial charge on any atom is 0.341 e. The van der Waals surface area contributed by atoms with Crippen molar-refractivity contribution in [1.82, 2.24) is 0 Å². The van der Waals surface area contributed by atoms with E-state index in [4.69, 9.17) is 9.84 Å². The fraction of sp³-hybridized carbons (Fsp3) is 0.417. The molecule has 0 atom stereocenters. The monoisotopic (exact) mass is 208 g/mol. The number of benzene rings is 1. The molecule has 0 unspecified atom stereocenters. The van der Waals surface area contributed by atoms with Gasteiger partial charge in [-0.05, 0) is 30.5 Å². The van der Waals surface area contributed by atoms with E-state index >= 15 is 0 Å². The summed E-state index contributed by atoms with van der Waals surface area (Å²) in [6.45, 7) is 1.87. The van der Waals surface area contributed by atoms with Crippen LogP contribution in [0.5, 0.6) is 5.75 Å². The number of carbonyl (C=O) groups is 1. The van der Waals surface area contributed by atoms with Crippen molar-refractivity contribution in [2.45, 2.75) is 26.2 Å². The molecule has 0 fully saturated rings. The topological polar surface area (TPSA) is 46.5 Å². The number of unbranched alkanes of at least 4 members (excludes halogenated alkanes) is 1. The number of hydrogen-bond donors (Lipinski definition) is 1. The molecule has 0 radical (unpaired) electrons. The minimum absolute atomic E-state index is 0.283. The molecule has 82 valence electrons. The summed E-state index contributed by atoms with van der Waals surface area (Å²) in [5.74, 6) is -0.345. The first kappa shape index (κ1) is 11.6. The average Bonchev–Trinajstić information content (AvgIpc) is 2.25. The molecule has 1 rings (SSSR count). The fourth-order valence-corrected chi connectivity index (χ4v) is 1.28. The van der Waals surface area contributed by atoms with E-state index in [-0.39, 0.29) is 6.61 Å². The Kier molecular flexibility index (Phi) is 4.68. The molecule has 1 aromatic rings. The number of aryl methyl sites for hydroxylation is 1. The third-order valence-electron chi connectivity index (χ3n) is 2.10. The molecule has 0 aliphatic carbocycles. The van der Waals surface area contributed by atoms with Crippen LogP contribution in [0, 0.1) is 0 Å². The molecule has 3 heteroatoms. The zero-order valence-corrected chi connectivity index (χ0v) is 8.90. The Morgan fingerprint density at radius 2 is 2.00 bits per heavy atom. The number of carboxylic acids is 1. The minimum Gasteiger partial charge on any atom is -0.482 e. The molecular formula is C12H16O3. The molecule has 0 saturated heterocycles. The lowest BCUT2D eigenvalue weighted by molar-refractivity contribution is -0.139. The largest absolute Gasteiger partial charge is 0.482 e. The molecular weight excluding hydrogens is 192 g/mol. The zero-order chi connectivity index (χ0) is 11.1. The number of rotatable bonds is 6. The van der Waals surface area contributed by atoms with Crippen LogP contribution < -0.4 is 4.74 Å². The molecule has 1 aromatic carbocycles. The van der Waals surface area contributed by atoms with Gasteiger partial charge in [-0.2, -0.15) is 0 Å². The number of carboxylic acid groups (broad SMARTS) is 1. The van der Waals surface area contributed by atoms with Crippen molar-refractivity contribution in [3.8, 4) is 5.75 Å². The first-order chi connectivity index (χ1) is 7.22. The highest BCUT2D eigenvalue weighted by Crippen LogP contribution is 2.13. The highest BCUT2D eigenvalue weighted by molar-refractivity contribution is 5.68. The molecule has 0 amide bonds. The second-order valence-electron chi connectivity index (χ2n) is 3.43. The SMILES string of the molecule is CCCCc1ccc(OCC(=O)O)cc1. The third-order valence-corrected chi connectivity index (χ3v) is 2.10. The Hall–Kier alpha value is -1.51. The van der Waals surface area contributed by atoms with Crippen LogP contribution in [0.3, 0.4) is 0 Å². The molecule has 1 N–H and O–H groups in total. The van der Waals surface area contributed by atoms with Gasteiger partial charge in [-0.15, -0.1) is 0 Å².